The van der Waals surface area contributed by atoms with Crippen LogP contribution in [0.25, 0.3) is 16.6 Å². The minimum absolute atomic E-state index is 0.200. The highest BCUT2D eigenvalue weighted by molar-refractivity contribution is 6.04. The Morgan fingerprint density at radius 2 is 2.19 bits per heavy atom. The number of benzene rings is 2. The zero-order chi connectivity index (χ0) is 18.3. The van der Waals surface area contributed by atoms with Crippen molar-refractivity contribution < 1.29 is 9.18 Å². The molecule has 3 aromatic rings. The molecule has 0 aliphatic carbocycles. The molecule has 1 aromatic heterocycles. The van der Waals surface area contributed by atoms with Crippen LogP contribution < -0.4 is 11.1 Å². The molecular weight excluding hydrogens is 331 g/mol. The molecule has 0 radical (unpaired) electrons. The van der Waals surface area contributed by atoms with Gasteiger partial charge in [-0.3, -0.25) is 4.79 Å². The van der Waals surface area contributed by atoms with Crippen LogP contribution in [0.5, 0.6) is 0 Å². The Morgan fingerprint density at radius 3 is 2.88 bits per heavy atom. The first-order valence-electron chi connectivity index (χ1n) is 8.77. The molecule has 0 unspecified atom stereocenters. The van der Waals surface area contributed by atoms with Gasteiger partial charge in [0.05, 0.1) is 11.3 Å². The number of rotatable bonds is 3. The first-order chi connectivity index (χ1) is 12.5. The summed E-state index contributed by atoms with van der Waals surface area (Å²) in [5.74, 6) is -0.761. The molecule has 6 heteroatoms. The normalized spacial score (nSPS) is 20.4. The Labute approximate surface area is 151 Å². The van der Waals surface area contributed by atoms with Gasteiger partial charge in [-0.1, -0.05) is 25.1 Å². The fraction of sp³-hybridized carbons (Fsp3) is 0.300. The third kappa shape index (κ3) is 2.76. The Balaban J connectivity index is 1.75. The van der Waals surface area contributed by atoms with E-state index in [0.29, 0.717) is 16.8 Å². The number of carbonyl (C=O) groups excluding carboxylic acids is 1. The molecule has 3 N–H and O–H groups in total. The number of carbonyl (C=O) groups is 1. The summed E-state index contributed by atoms with van der Waals surface area (Å²) in [5.41, 5.74) is 7.44. The number of halogens is 1. The molecular formula is C20H21FN4O. The number of nitrogens with two attached hydrogens (primary N) is 1. The number of primary amides is 1. The molecule has 1 aliphatic rings. The van der Waals surface area contributed by atoms with Crippen LogP contribution in [-0.2, 0) is 5.41 Å². The average Bonchev–Trinajstić information content (AvgIpc) is 3.06. The summed E-state index contributed by atoms with van der Waals surface area (Å²) < 4.78 is 16.5. The van der Waals surface area contributed by atoms with E-state index in [-0.39, 0.29) is 11.2 Å². The van der Waals surface area contributed by atoms with E-state index in [1.165, 1.54) is 6.07 Å². The van der Waals surface area contributed by atoms with Gasteiger partial charge >= 0.3 is 0 Å². The lowest BCUT2D eigenvalue weighted by Crippen LogP contribution is -2.41. The minimum Gasteiger partial charge on any atom is -0.366 e. The van der Waals surface area contributed by atoms with Crippen LogP contribution in [0.1, 0.15) is 35.7 Å². The summed E-state index contributed by atoms with van der Waals surface area (Å²) in [4.78, 5) is 11.6. The number of nitrogens with zero attached hydrogens (tertiary/aromatic N) is 2. The second-order valence-corrected chi connectivity index (χ2v) is 7.19. The molecule has 2 heterocycles. The van der Waals surface area contributed by atoms with Crippen molar-refractivity contribution in [1.82, 2.24) is 15.1 Å². The molecule has 2 aromatic carbocycles. The van der Waals surface area contributed by atoms with E-state index in [4.69, 9.17) is 5.73 Å². The summed E-state index contributed by atoms with van der Waals surface area (Å²) >= 11 is 0. The maximum atomic E-state index is 14.9. The fourth-order valence-corrected chi connectivity index (χ4v) is 3.80. The summed E-state index contributed by atoms with van der Waals surface area (Å²) in [6.45, 7) is 3.85. The van der Waals surface area contributed by atoms with Gasteiger partial charge in [-0.15, -0.1) is 0 Å². The quantitative estimate of drug-likeness (QED) is 0.761. The largest absolute Gasteiger partial charge is 0.366 e. The van der Waals surface area contributed by atoms with Crippen molar-refractivity contribution in [3.63, 3.8) is 0 Å². The zero-order valence-corrected chi connectivity index (χ0v) is 14.6. The van der Waals surface area contributed by atoms with Crippen molar-refractivity contribution in [2.24, 2.45) is 5.73 Å². The average molecular weight is 352 g/mol. The van der Waals surface area contributed by atoms with E-state index in [0.717, 1.165) is 36.9 Å². The third-order valence-corrected chi connectivity index (χ3v) is 5.27. The van der Waals surface area contributed by atoms with Gasteiger partial charge in [-0.2, -0.15) is 5.10 Å². The first-order valence-corrected chi connectivity index (χ1v) is 8.77. The smallest absolute Gasteiger partial charge is 0.250 e. The number of fused-ring (bicyclic) bond motifs is 1. The molecule has 26 heavy (non-hydrogen) atoms. The molecule has 0 saturated carbocycles. The van der Waals surface area contributed by atoms with Crippen LogP contribution in [0.15, 0.2) is 42.6 Å². The molecule has 1 atom stereocenters. The third-order valence-electron chi connectivity index (χ3n) is 5.27. The Kier molecular flexibility index (Phi) is 4.00. The van der Waals surface area contributed by atoms with E-state index < -0.39 is 5.91 Å². The van der Waals surface area contributed by atoms with Crippen LogP contribution in [-0.4, -0.2) is 28.8 Å². The summed E-state index contributed by atoms with van der Waals surface area (Å²) in [5, 5.41) is 8.58. The number of amides is 1. The van der Waals surface area contributed by atoms with Crippen LogP contribution in [0.2, 0.25) is 0 Å². The molecule has 1 aliphatic heterocycles. The van der Waals surface area contributed by atoms with Crippen molar-refractivity contribution >= 4 is 16.8 Å². The number of hydrogen-bond donors (Lipinski definition) is 2. The van der Waals surface area contributed by atoms with E-state index in [1.54, 1.807) is 23.0 Å². The lowest BCUT2D eigenvalue weighted by Gasteiger charge is -2.35. The van der Waals surface area contributed by atoms with Crippen molar-refractivity contribution in [3.05, 3.63) is 59.5 Å². The van der Waals surface area contributed by atoms with Gasteiger partial charge in [0.1, 0.15) is 11.3 Å². The fourth-order valence-electron chi connectivity index (χ4n) is 3.80. The SMILES string of the molecule is C[C@]1(c2ccc(-n3cc4cccc(C(N)=O)c4n3)cc2F)CCCNC1. The second-order valence-electron chi connectivity index (χ2n) is 7.19. The molecule has 1 saturated heterocycles. The van der Waals surface area contributed by atoms with Gasteiger partial charge in [-0.25, -0.2) is 9.07 Å². The lowest BCUT2D eigenvalue weighted by atomic mass is 9.76. The van der Waals surface area contributed by atoms with E-state index in [1.807, 2.05) is 18.2 Å². The highest BCUT2D eigenvalue weighted by atomic mass is 19.1. The highest BCUT2D eigenvalue weighted by Gasteiger charge is 2.31. The van der Waals surface area contributed by atoms with E-state index >= 15 is 0 Å². The van der Waals surface area contributed by atoms with Crippen LogP contribution >= 0.6 is 0 Å². The lowest BCUT2D eigenvalue weighted by molar-refractivity contribution is 0.100. The van der Waals surface area contributed by atoms with E-state index in [2.05, 4.69) is 17.3 Å². The highest BCUT2D eigenvalue weighted by Crippen LogP contribution is 2.33. The molecule has 4 rings (SSSR count). The van der Waals surface area contributed by atoms with Gasteiger partial charge in [-0.05, 0) is 43.1 Å². The van der Waals surface area contributed by atoms with Gasteiger partial charge in [0, 0.05) is 23.5 Å². The number of piperidine rings is 1. The van der Waals surface area contributed by atoms with Gasteiger partial charge < -0.3 is 11.1 Å². The molecule has 5 nitrogen and oxygen atoms in total. The van der Waals surface area contributed by atoms with Crippen LogP contribution in [0.4, 0.5) is 4.39 Å². The number of hydrogen-bond acceptors (Lipinski definition) is 3. The predicted molar refractivity (Wildman–Crippen MR) is 99.0 cm³/mol. The van der Waals surface area contributed by atoms with Crippen LogP contribution in [0, 0.1) is 5.82 Å². The molecule has 0 bridgehead atoms. The van der Waals surface area contributed by atoms with Crippen molar-refractivity contribution in [2.45, 2.75) is 25.2 Å². The molecule has 1 amide bonds. The number of nitrogens with one attached hydrogen (secondary N) is 1. The number of aromatic nitrogens is 2. The van der Waals surface area contributed by atoms with Crippen molar-refractivity contribution in [2.75, 3.05) is 13.1 Å². The second kappa shape index (κ2) is 6.21. The monoisotopic (exact) mass is 352 g/mol. The molecule has 134 valence electrons. The zero-order valence-electron chi connectivity index (χ0n) is 14.6. The standard InChI is InChI=1S/C20H21FN4O/c1-20(8-3-9-23-12-20)16-7-6-14(10-17(16)21)25-11-13-4-2-5-15(19(22)26)18(13)24-25/h2,4-7,10-11,23H,3,8-9,12H2,1H3,(H2,22,26)/t20-/m0/s1. The van der Waals surface area contributed by atoms with Crippen molar-refractivity contribution in [1.29, 1.82) is 0 Å². The topological polar surface area (TPSA) is 72.9 Å². The minimum atomic E-state index is -0.528. The summed E-state index contributed by atoms with van der Waals surface area (Å²) in [6, 6.07) is 10.5. The maximum absolute atomic E-state index is 14.9. The van der Waals surface area contributed by atoms with Gasteiger partial charge in [0.25, 0.3) is 5.91 Å². The Morgan fingerprint density at radius 1 is 1.35 bits per heavy atom. The summed E-state index contributed by atoms with van der Waals surface area (Å²) in [7, 11) is 0. The molecule has 1 fully saturated rings. The van der Waals surface area contributed by atoms with Gasteiger partial charge in [0.15, 0.2) is 0 Å². The van der Waals surface area contributed by atoms with E-state index in [9.17, 15) is 9.18 Å². The van der Waals surface area contributed by atoms with Crippen LogP contribution in [0.3, 0.4) is 0 Å². The Hall–Kier alpha value is -2.73. The Bertz CT molecular complexity index is 989. The predicted octanol–water partition coefficient (Wildman–Crippen LogP) is 2.90. The first kappa shape index (κ1) is 16.7. The van der Waals surface area contributed by atoms with Gasteiger partial charge in [0.2, 0.25) is 0 Å². The maximum Gasteiger partial charge on any atom is 0.250 e. The molecule has 0 spiro atoms. The van der Waals surface area contributed by atoms with Crippen molar-refractivity contribution in [3.8, 4) is 5.69 Å². The summed E-state index contributed by atoms with van der Waals surface area (Å²) in [6.07, 6.45) is 3.78.